The maximum atomic E-state index is 13.1. The molecule has 1 saturated heterocycles. The number of aromatic nitrogens is 3. The average Bonchev–Trinajstić information content (AvgIpc) is 3.37. The van der Waals surface area contributed by atoms with E-state index < -0.39 is 0 Å². The first-order valence-corrected chi connectivity index (χ1v) is 13.6. The number of rotatable bonds is 8. The molecule has 1 aliphatic rings. The molecule has 7 heteroatoms. The Kier molecular flexibility index (Phi) is 8.13. The summed E-state index contributed by atoms with van der Waals surface area (Å²) in [5, 5.41) is 9.72. The fraction of sp³-hybridized carbons (Fsp3) is 0.233. The first kappa shape index (κ1) is 25.0. The van der Waals surface area contributed by atoms with Crippen molar-refractivity contribution >= 4 is 23.7 Å². The molecule has 3 aromatic carbocycles. The number of benzene rings is 3. The van der Waals surface area contributed by atoms with Crippen molar-refractivity contribution in [3.63, 3.8) is 0 Å². The van der Waals surface area contributed by atoms with Crippen molar-refractivity contribution in [2.45, 2.75) is 12.1 Å². The Morgan fingerprint density at radius 1 is 0.865 bits per heavy atom. The van der Waals surface area contributed by atoms with Crippen molar-refractivity contribution in [3.8, 4) is 17.1 Å². The van der Waals surface area contributed by atoms with Gasteiger partial charge in [0, 0.05) is 38.3 Å². The number of para-hydroxylation sites is 1. The lowest BCUT2D eigenvalue weighted by atomic mass is 10.1. The zero-order valence-electron chi connectivity index (χ0n) is 21.0. The minimum atomic E-state index is 0.144. The van der Waals surface area contributed by atoms with Gasteiger partial charge in [0.1, 0.15) is 0 Å². The Hall–Kier alpha value is -3.68. The van der Waals surface area contributed by atoms with Gasteiger partial charge in [-0.05, 0) is 24.1 Å². The Balaban J connectivity index is 1.21. The molecule has 37 heavy (non-hydrogen) atoms. The number of amides is 1. The molecule has 1 amide bonds. The van der Waals surface area contributed by atoms with E-state index in [-0.39, 0.29) is 5.91 Å². The van der Waals surface area contributed by atoms with Crippen molar-refractivity contribution in [1.29, 1.82) is 0 Å². The fourth-order valence-corrected chi connectivity index (χ4v) is 5.32. The van der Waals surface area contributed by atoms with Gasteiger partial charge in [-0.2, -0.15) is 0 Å². The van der Waals surface area contributed by atoms with E-state index in [4.69, 9.17) is 0 Å². The fourth-order valence-electron chi connectivity index (χ4n) is 4.47. The third kappa shape index (κ3) is 6.18. The van der Waals surface area contributed by atoms with E-state index in [1.165, 1.54) is 17.3 Å². The quantitative estimate of drug-likeness (QED) is 0.306. The molecule has 0 saturated carbocycles. The summed E-state index contributed by atoms with van der Waals surface area (Å²) < 4.78 is 2.07. The number of piperazine rings is 1. The van der Waals surface area contributed by atoms with Crippen LogP contribution >= 0.6 is 11.8 Å². The molecule has 0 unspecified atom stereocenters. The monoisotopic (exact) mass is 509 g/mol. The van der Waals surface area contributed by atoms with Gasteiger partial charge in [-0.15, -0.1) is 10.2 Å². The SMILES string of the molecule is Cc1ccccc1-n1c(SCC(=O)N2CCN(C/C=C/c3ccccc3)CC2)nnc1-c1ccccc1. The topological polar surface area (TPSA) is 54.3 Å². The highest BCUT2D eigenvalue weighted by atomic mass is 32.2. The molecule has 6 nitrogen and oxygen atoms in total. The number of hydrogen-bond donors (Lipinski definition) is 0. The zero-order valence-corrected chi connectivity index (χ0v) is 21.8. The molecule has 188 valence electrons. The van der Waals surface area contributed by atoms with Crippen LogP contribution in [0.5, 0.6) is 0 Å². The Morgan fingerprint density at radius 3 is 2.27 bits per heavy atom. The lowest BCUT2D eigenvalue weighted by molar-refractivity contribution is -0.130. The van der Waals surface area contributed by atoms with Crippen molar-refractivity contribution in [2.24, 2.45) is 0 Å². The summed E-state index contributed by atoms with van der Waals surface area (Å²) in [7, 11) is 0. The third-order valence-electron chi connectivity index (χ3n) is 6.54. The average molecular weight is 510 g/mol. The molecule has 0 N–H and O–H groups in total. The zero-order chi connectivity index (χ0) is 25.5. The van der Waals surface area contributed by atoms with Crippen molar-refractivity contribution in [2.75, 3.05) is 38.5 Å². The molecule has 5 rings (SSSR count). The molecule has 2 heterocycles. The first-order valence-electron chi connectivity index (χ1n) is 12.6. The second-order valence-corrected chi connectivity index (χ2v) is 10.0. The highest BCUT2D eigenvalue weighted by Crippen LogP contribution is 2.29. The summed E-state index contributed by atoms with van der Waals surface area (Å²) in [5.74, 6) is 1.26. The summed E-state index contributed by atoms with van der Waals surface area (Å²) in [6.07, 6.45) is 4.36. The summed E-state index contributed by atoms with van der Waals surface area (Å²) in [4.78, 5) is 17.4. The van der Waals surface area contributed by atoms with Crippen LogP contribution in [0.1, 0.15) is 11.1 Å². The summed E-state index contributed by atoms with van der Waals surface area (Å²) in [6.45, 7) is 6.24. The minimum Gasteiger partial charge on any atom is -0.339 e. The van der Waals surface area contributed by atoms with Gasteiger partial charge in [0.15, 0.2) is 11.0 Å². The first-order chi connectivity index (χ1) is 18.2. The van der Waals surface area contributed by atoms with Crippen LogP contribution in [0.2, 0.25) is 0 Å². The smallest absolute Gasteiger partial charge is 0.233 e. The second kappa shape index (κ2) is 12.0. The molecular weight excluding hydrogens is 478 g/mol. The standard InChI is InChI=1S/C30H31N5OS/c1-24-11-8-9-17-27(24)35-29(26-15-6-3-7-16-26)31-32-30(35)37-23-28(36)34-21-19-33(20-22-34)18-10-14-25-12-4-2-5-13-25/h2-17H,18-23H2,1H3/b14-10+. The Bertz CT molecular complexity index is 1340. The lowest BCUT2D eigenvalue weighted by Gasteiger charge is -2.34. The summed E-state index contributed by atoms with van der Waals surface area (Å²) in [5.41, 5.74) is 4.36. The number of carbonyl (C=O) groups is 1. The molecule has 0 bridgehead atoms. The number of hydrogen-bond acceptors (Lipinski definition) is 5. The second-order valence-electron chi connectivity index (χ2n) is 9.08. The van der Waals surface area contributed by atoms with Crippen LogP contribution in [-0.4, -0.2) is 68.9 Å². The lowest BCUT2D eigenvalue weighted by Crippen LogP contribution is -2.49. The Morgan fingerprint density at radius 2 is 1.54 bits per heavy atom. The molecule has 0 aliphatic carbocycles. The van der Waals surface area contributed by atoms with Crippen molar-refractivity contribution in [3.05, 3.63) is 102 Å². The van der Waals surface area contributed by atoms with E-state index >= 15 is 0 Å². The molecule has 1 fully saturated rings. The number of thioether (sulfide) groups is 1. The number of aryl methyl sites for hydroxylation is 1. The van der Waals surface area contributed by atoms with E-state index in [1.54, 1.807) is 0 Å². The summed E-state index contributed by atoms with van der Waals surface area (Å²) >= 11 is 1.45. The van der Waals surface area contributed by atoms with Crippen LogP contribution in [0.25, 0.3) is 23.2 Å². The van der Waals surface area contributed by atoms with Gasteiger partial charge in [-0.1, -0.05) is 103 Å². The normalized spacial score (nSPS) is 14.4. The molecule has 0 radical (unpaired) electrons. The van der Waals surface area contributed by atoms with E-state index in [2.05, 4.69) is 63.0 Å². The van der Waals surface area contributed by atoms with Crippen molar-refractivity contribution in [1.82, 2.24) is 24.6 Å². The van der Waals surface area contributed by atoms with Gasteiger partial charge in [0.05, 0.1) is 11.4 Å². The highest BCUT2D eigenvalue weighted by molar-refractivity contribution is 7.99. The molecule has 1 aliphatic heterocycles. The van der Waals surface area contributed by atoms with Crippen LogP contribution in [0.3, 0.4) is 0 Å². The maximum absolute atomic E-state index is 13.1. The van der Waals surface area contributed by atoms with Crippen LogP contribution in [-0.2, 0) is 4.79 Å². The van der Waals surface area contributed by atoms with Gasteiger partial charge in [-0.25, -0.2) is 0 Å². The highest BCUT2D eigenvalue weighted by Gasteiger charge is 2.23. The van der Waals surface area contributed by atoms with E-state index in [9.17, 15) is 4.79 Å². The molecule has 0 atom stereocenters. The molecule has 4 aromatic rings. The van der Waals surface area contributed by atoms with Gasteiger partial charge in [0.25, 0.3) is 0 Å². The molecule has 1 aromatic heterocycles. The van der Waals surface area contributed by atoms with Gasteiger partial charge in [0.2, 0.25) is 5.91 Å². The molecular formula is C30H31N5OS. The number of nitrogens with zero attached hydrogens (tertiary/aromatic N) is 5. The third-order valence-corrected chi connectivity index (χ3v) is 7.46. The van der Waals surface area contributed by atoms with E-state index in [1.807, 2.05) is 65.6 Å². The van der Waals surface area contributed by atoms with Crippen LogP contribution in [0, 0.1) is 6.92 Å². The van der Waals surface area contributed by atoms with Gasteiger partial charge >= 0.3 is 0 Å². The number of carbonyl (C=O) groups excluding carboxylic acids is 1. The van der Waals surface area contributed by atoms with Crippen LogP contribution < -0.4 is 0 Å². The largest absolute Gasteiger partial charge is 0.339 e. The van der Waals surface area contributed by atoms with Crippen molar-refractivity contribution < 1.29 is 4.79 Å². The van der Waals surface area contributed by atoms with E-state index in [0.717, 1.165) is 60.5 Å². The van der Waals surface area contributed by atoms with Crippen LogP contribution in [0.4, 0.5) is 0 Å². The summed E-state index contributed by atoms with van der Waals surface area (Å²) in [6, 6.07) is 28.6. The van der Waals surface area contributed by atoms with E-state index in [0.29, 0.717) is 5.75 Å². The predicted molar refractivity (Wildman–Crippen MR) is 151 cm³/mol. The predicted octanol–water partition coefficient (Wildman–Crippen LogP) is 5.19. The molecule has 0 spiro atoms. The van der Waals surface area contributed by atoms with Gasteiger partial charge in [-0.3, -0.25) is 14.3 Å². The van der Waals surface area contributed by atoms with Gasteiger partial charge < -0.3 is 4.90 Å². The maximum Gasteiger partial charge on any atom is 0.233 e. The Labute approximate surface area is 222 Å². The van der Waals surface area contributed by atoms with Crippen LogP contribution in [0.15, 0.2) is 96.2 Å². The minimum absolute atomic E-state index is 0.144.